The van der Waals surface area contributed by atoms with E-state index in [1.54, 1.807) is 43.6 Å². The fourth-order valence-corrected chi connectivity index (χ4v) is 5.64. The Labute approximate surface area is 217 Å². The van der Waals surface area contributed by atoms with Gasteiger partial charge in [-0.2, -0.15) is 5.06 Å². The van der Waals surface area contributed by atoms with Gasteiger partial charge >= 0.3 is 0 Å². The summed E-state index contributed by atoms with van der Waals surface area (Å²) in [5.41, 5.74) is 3.13. The summed E-state index contributed by atoms with van der Waals surface area (Å²) in [5, 5.41) is 2.76. The molecule has 192 valence electrons. The molecule has 9 heteroatoms. The van der Waals surface area contributed by atoms with Gasteiger partial charge in [-0.15, -0.1) is 0 Å². The number of para-hydroxylation sites is 1. The predicted molar refractivity (Wildman–Crippen MR) is 143 cm³/mol. The molecule has 1 N–H and O–H groups in total. The molecule has 2 heterocycles. The molecule has 37 heavy (non-hydrogen) atoms. The lowest BCUT2D eigenvalue weighted by atomic mass is 10.2. The molecule has 1 aromatic heterocycles. The summed E-state index contributed by atoms with van der Waals surface area (Å²) in [6.45, 7) is 3.88. The Kier molecular flexibility index (Phi) is 7.66. The van der Waals surface area contributed by atoms with Crippen molar-refractivity contribution in [2.24, 2.45) is 0 Å². The zero-order valence-corrected chi connectivity index (χ0v) is 21.5. The van der Waals surface area contributed by atoms with Gasteiger partial charge in [-0.1, -0.05) is 42.5 Å². The fourth-order valence-electron chi connectivity index (χ4n) is 4.40. The van der Waals surface area contributed by atoms with Crippen LogP contribution in [0.25, 0.3) is 10.9 Å². The minimum atomic E-state index is -3.78. The fraction of sp³-hybridized carbons (Fsp3) is 0.250. The van der Waals surface area contributed by atoms with Crippen molar-refractivity contribution in [1.82, 2.24) is 14.9 Å². The molecule has 4 aromatic rings. The van der Waals surface area contributed by atoms with Crippen LogP contribution >= 0.6 is 0 Å². The van der Waals surface area contributed by atoms with E-state index in [0.29, 0.717) is 17.8 Å². The van der Waals surface area contributed by atoms with E-state index in [1.165, 1.54) is 5.56 Å². The number of fused-ring (bicyclic) bond motifs is 1. The lowest BCUT2D eigenvalue weighted by Crippen LogP contribution is -2.44. The smallest absolute Gasteiger partial charge is 0.264 e. The third-order valence-electron chi connectivity index (χ3n) is 6.31. The van der Waals surface area contributed by atoms with E-state index < -0.39 is 10.0 Å². The van der Waals surface area contributed by atoms with Gasteiger partial charge in [0.25, 0.3) is 10.0 Å². The normalized spacial score (nSPS) is 15.1. The van der Waals surface area contributed by atoms with Gasteiger partial charge in [-0.25, -0.2) is 8.42 Å². The van der Waals surface area contributed by atoms with E-state index in [0.717, 1.165) is 49.4 Å². The summed E-state index contributed by atoms with van der Waals surface area (Å²) in [5.74, 6) is 0.858. The highest BCUT2D eigenvalue weighted by molar-refractivity contribution is 7.93. The molecule has 3 aromatic carbocycles. The van der Waals surface area contributed by atoms with Crippen molar-refractivity contribution < 1.29 is 18.0 Å². The molecule has 0 saturated carbocycles. The van der Waals surface area contributed by atoms with Crippen molar-refractivity contribution in [2.45, 2.75) is 24.5 Å². The van der Waals surface area contributed by atoms with Crippen molar-refractivity contribution >= 4 is 26.6 Å². The number of anilines is 1. The second kappa shape index (κ2) is 11.3. The molecule has 1 fully saturated rings. The second-order valence-electron chi connectivity index (χ2n) is 9.01. The van der Waals surface area contributed by atoms with Crippen LogP contribution in [0.3, 0.4) is 0 Å². The van der Waals surface area contributed by atoms with Crippen LogP contribution in [0.5, 0.6) is 5.75 Å². The molecule has 0 amide bonds. The average molecular weight is 519 g/mol. The number of hydrogen-bond donors (Lipinski definition) is 1. The van der Waals surface area contributed by atoms with Crippen LogP contribution in [-0.2, 0) is 28.0 Å². The number of sulfonamides is 1. The summed E-state index contributed by atoms with van der Waals surface area (Å²) in [6, 6.07) is 24.2. The highest BCUT2D eigenvalue weighted by Crippen LogP contribution is 2.24. The van der Waals surface area contributed by atoms with Crippen molar-refractivity contribution in [3.05, 3.63) is 96.2 Å². The van der Waals surface area contributed by atoms with E-state index in [2.05, 4.69) is 26.7 Å². The second-order valence-corrected chi connectivity index (χ2v) is 10.7. The molecule has 0 aliphatic carbocycles. The van der Waals surface area contributed by atoms with Crippen LogP contribution in [0.1, 0.15) is 17.5 Å². The Morgan fingerprint density at radius 1 is 0.919 bits per heavy atom. The highest BCUT2D eigenvalue weighted by Gasteiger charge is 2.20. The third-order valence-corrected chi connectivity index (χ3v) is 7.72. The van der Waals surface area contributed by atoms with E-state index in [9.17, 15) is 8.42 Å². The number of nitrogens with one attached hydrogen (secondary N) is 1. The first-order valence-electron chi connectivity index (χ1n) is 12.2. The third kappa shape index (κ3) is 6.26. The standard InChI is InChI=1S/C28H30N4O4S/c1-35-26-14-10-22(11-15-26)19-31-17-4-18-32(21-31)36-20-23-8-12-25(13-9-23)30-37(33,34)27-7-2-5-24-6-3-16-29-28(24)27/h2-3,5-16,30H,4,17-21H2,1H3. The Morgan fingerprint density at radius 3 is 2.46 bits per heavy atom. The lowest BCUT2D eigenvalue weighted by molar-refractivity contribution is -0.207. The number of methoxy groups -OCH3 is 1. The van der Waals surface area contributed by atoms with Crippen molar-refractivity contribution in [1.29, 1.82) is 0 Å². The molecule has 1 aliphatic rings. The number of hydrogen-bond acceptors (Lipinski definition) is 7. The van der Waals surface area contributed by atoms with E-state index in [1.807, 2.05) is 41.5 Å². The minimum Gasteiger partial charge on any atom is -0.497 e. The van der Waals surface area contributed by atoms with Gasteiger partial charge in [0.2, 0.25) is 0 Å². The molecule has 8 nitrogen and oxygen atoms in total. The van der Waals surface area contributed by atoms with E-state index >= 15 is 0 Å². The molecule has 0 atom stereocenters. The molecule has 0 radical (unpaired) electrons. The molecule has 0 spiro atoms. The first-order valence-corrected chi connectivity index (χ1v) is 13.7. The van der Waals surface area contributed by atoms with Crippen LogP contribution in [0.2, 0.25) is 0 Å². The largest absolute Gasteiger partial charge is 0.497 e. The Balaban J connectivity index is 1.16. The summed E-state index contributed by atoms with van der Waals surface area (Å²) in [7, 11) is -2.11. The number of nitrogens with zero attached hydrogens (tertiary/aromatic N) is 3. The first-order chi connectivity index (χ1) is 18.0. The van der Waals surface area contributed by atoms with Gasteiger partial charge in [0.1, 0.15) is 10.6 Å². The summed E-state index contributed by atoms with van der Waals surface area (Å²) < 4.78 is 34.0. The van der Waals surface area contributed by atoms with Gasteiger partial charge in [0.15, 0.2) is 0 Å². The van der Waals surface area contributed by atoms with Crippen LogP contribution in [0, 0.1) is 0 Å². The Hall–Kier alpha value is -3.50. The monoisotopic (exact) mass is 518 g/mol. The van der Waals surface area contributed by atoms with Crippen molar-refractivity contribution in [3.63, 3.8) is 0 Å². The van der Waals surface area contributed by atoms with Gasteiger partial charge in [-0.3, -0.25) is 19.4 Å². The zero-order valence-electron chi connectivity index (χ0n) is 20.7. The SMILES string of the molecule is COc1ccc(CN2CCCN(OCc3ccc(NS(=O)(=O)c4cccc5cccnc45)cc3)C2)cc1. The molecular formula is C28H30N4O4S. The summed E-state index contributed by atoms with van der Waals surface area (Å²) >= 11 is 0. The van der Waals surface area contributed by atoms with Crippen LogP contribution in [0.15, 0.2) is 90.0 Å². The van der Waals surface area contributed by atoms with Crippen LogP contribution in [0.4, 0.5) is 5.69 Å². The maximum absolute atomic E-state index is 13.0. The summed E-state index contributed by atoms with van der Waals surface area (Å²) in [4.78, 5) is 12.8. The van der Waals surface area contributed by atoms with Crippen LogP contribution in [-0.4, -0.2) is 50.2 Å². The summed E-state index contributed by atoms with van der Waals surface area (Å²) in [6.07, 6.45) is 2.62. The molecule has 0 unspecified atom stereocenters. The lowest BCUT2D eigenvalue weighted by Gasteiger charge is -2.34. The first kappa shape index (κ1) is 25.2. The molecule has 0 bridgehead atoms. The van der Waals surface area contributed by atoms with E-state index in [4.69, 9.17) is 9.57 Å². The molecule has 5 rings (SSSR count). The predicted octanol–water partition coefficient (Wildman–Crippen LogP) is 4.64. The zero-order chi connectivity index (χ0) is 25.7. The number of aromatic nitrogens is 1. The molecule has 1 saturated heterocycles. The number of ether oxygens (including phenoxy) is 1. The minimum absolute atomic E-state index is 0.155. The topological polar surface area (TPSA) is 84.0 Å². The molecule has 1 aliphatic heterocycles. The maximum atomic E-state index is 13.0. The number of pyridine rings is 1. The maximum Gasteiger partial charge on any atom is 0.264 e. The van der Waals surface area contributed by atoms with Gasteiger partial charge in [0, 0.05) is 36.9 Å². The Bertz CT molecular complexity index is 1440. The quantitative estimate of drug-likeness (QED) is 0.346. The molecular weight excluding hydrogens is 488 g/mol. The Morgan fingerprint density at radius 2 is 1.68 bits per heavy atom. The van der Waals surface area contributed by atoms with Crippen LogP contribution < -0.4 is 9.46 Å². The van der Waals surface area contributed by atoms with Gasteiger partial charge in [-0.05, 0) is 53.9 Å². The number of hydroxylamine groups is 2. The van der Waals surface area contributed by atoms with Crippen molar-refractivity contribution in [2.75, 3.05) is 31.6 Å². The number of benzene rings is 3. The van der Waals surface area contributed by atoms with E-state index in [-0.39, 0.29) is 4.90 Å². The highest BCUT2D eigenvalue weighted by atomic mass is 32.2. The number of rotatable bonds is 9. The van der Waals surface area contributed by atoms with Gasteiger partial charge < -0.3 is 4.74 Å². The van der Waals surface area contributed by atoms with Crippen molar-refractivity contribution in [3.8, 4) is 5.75 Å². The average Bonchev–Trinajstić information content (AvgIpc) is 2.93. The van der Waals surface area contributed by atoms with Gasteiger partial charge in [0.05, 0.1) is 25.9 Å².